The van der Waals surface area contributed by atoms with Gasteiger partial charge in [0.25, 0.3) is 5.92 Å². The summed E-state index contributed by atoms with van der Waals surface area (Å²) in [6.45, 7) is 3.56. The minimum absolute atomic E-state index is 0.00362. The van der Waals surface area contributed by atoms with Crippen molar-refractivity contribution >= 4 is 22.6 Å². The number of alkyl halides is 2. The number of carbonyl (C=O) groups excluding carboxylic acids is 1. The van der Waals surface area contributed by atoms with E-state index in [4.69, 9.17) is 4.74 Å². The molecule has 1 N–H and O–H groups in total. The van der Waals surface area contributed by atoms with Crippen LogP contribution >= 0.6 is 0 Å². The zero-order valence-corrected chi connectivity index (χ0v) is 23.2. The molecular weight excluding hydrogens is 562 g/mol. The maximum absolute atomic E-state index is 15.2. The van der Waals surface area contributed by atoms with E-state index in [9.17, 15) is 13.6 Å². The number of ether oxygens (including phenoxy) is 1. The van der Waals surface area contributed by atoms with Gasteiger partial charge in [0.05, 0.1) is 13.2 Å². The van der Waals surface area contributed by atoms with Gasteiger partial charge in [-0.05, 0) is 54.1 Å². The highest BCUT2D eigenvalue weighted by Gasteiger charge is 2.25. The predicted molar refractivity (Wildman–Crippen MR) is 154 cm³/mol. The highest BCUT2D eigenvalue weighted by Crippen LogP contribution is 2.31. The number of morpholine rings is 1. The molecule has 1 saturated heterocycles. The molecule has 0 amide bonds. The number of H-pyrrole nitrogens is 1. The van der Waals surface area contributed by atoms with E-state index in [2.05, 4.69) is 24.8 Å². The van der Waals surface area contributed by atoms with Gasteiger partial charge < -0.3 is 14.6 Å². The second kappa shape index (κ2) is 11.6. The van der Waals surface area contributed by atoms with Gasteiger partial charge in [0.1, 0.15) is 28.9 Å². The van der Waals surface area contributed by atoms with Gasteiger partial charge in [-0.25, -0.2) is 27.5 Å². The SMILES string of the molecule is CC(F)(F)c1ccnc(CC(=O)Cc2cc(F)c(-c3cnc4[nH]c(-c5ccnc(N6CCOCC6)c5)cc4c3)cc2F)c1. The van der Waals surface area contributed by atoms with Crippen LogP contribution in [-0.4, -0.2) is 52.0 Å². The Labute approximate surface area is 244 Å². The minimum Gasteiger partial charge on any atom is -0.378 e. The van der Waals surface area contributed by atoms with E-state index in [1.807, 2.05) is 18.2 Å². The van der Waals surface area contributed by atoms with E-state index in [-0.39, 0.29) is 28.8 Å². The summed E-state index contributed by atoms with van der Waals surface area (Å²) < 4.78 is 63.0. The third kappa shape index (κ3) is 6.26. The smallest absolute Gasteiger partial charge is 0.270 e. The Morgan fingerprint density at radius 1 is 0.930 bits per heavy atom. The molecule has 0 aliphatic carbocycles. The lowest BCUT2D eigenvalue weighted by molar-refractivity contribution is -0.117. The van der Waals surface area contributed by atoms with Gasteiger partial charge in [-0.1, -0.05) is 0 Å². The van der Waals surface area contributed by atoms with Crippen molar-refractivity contribution in [2.24, 2.45) is 0 Å². The zero-order valence-electron chi connectivity index (χ0n) is 23.2. The van der Waals surface area contributed by atoms with Crippen LogP contribution in [0, 0.1) is 11.6 Å². The molecule has 1 aliphatic heterocycles. The number of rotatable bonds is 8. The van der Waals surface area contributed by atoms with E-state index in [0.717, 1.165) is 55.3 Å². The second-order valence-corrected chi connectivity index (χ2v) is 10.6. The van der Waals surface area contributed by atoms with Crippen molar-refractivity contribution in [2.45, 2.75) is 25.7 Å². The quantitative estimate of drug-likeness (QED) is 0.215. The number of nitrogens with one attached hydrogen (secondary N) is 1. The molecule has 0 spiro atoms. The first-order chi connectivity index (χ1) is 20.6. The van der Waals surface area contributed by atoms with Crippen LogP contribution in [0.3, 0.4) is 0 Å². The normalized spacial score (nSPS) is 13.9. The van der Waals surface area contributed by atoms with E-state index in [1.54, 1.807) is 12.3 Å². The van der Waals surface area contributed by atoms with Crippen molar-refractivity contribution in [3.05, 3.63) is 95.6 Å². The zero-order chi connectivity index (χ0) is 30.1. The summed E-state index contributed by atoms with van der Waals surface area (Å²) in [6.07, 6.45) is 3.71. The Morgan fingerprint density at radius 2 is 1.72 bits per heavy atom. The number of halogens is 4. The first-order valence-electron chi connectivity index (χ1n) is 13.7. The standard InChI is InChI=1S/C32H27F4N5O2/c1-32(35,36)23-3-5-37-24(15-23)16-25(42)11-20-12-28(34)26(17-27(20)33)22-10-21-13-29(40-31(21)39-18-22)19-2-4-38-30(14-19)41-6-8-43-9-7-41/h2-5,10,12-15,17-18H,6-9,11,16H2,1H3,(H,39,40). The van der Waals surface area contributed by atoms with E-state index in [1.165, 1.54) is 18.5 Å². The van der Waals surface area contributed by atoms with Crippen molar-refractivity contribution in [1.82, 2.24) is 19.9 Å². The molecule has 0 unspecified atom stereocenters. The van der Waals surface area contributed by atoms with Crippen molar-refractivity contribution in [2.75, 3.05) is 31.2 Å². The molecule has 1 fully saturated rings. The number of hydrogen-bond donors (Lipinski definition) is 1. The third-order valence-corrected chi connectivity index (χ3v) is 7.40. The summed E-state index contributed by atoms with van der Waals surface area (Å²) in [4.78, 5) is 30.9. The van der Waals surface area contributed by atoms with Crippen LogP contribution in [0.4, 0.5) is 23.4 Å². The maximum atomic E-state index is 15.2. The number of Topliss-reactive ketones (excluding diaryl/α,β-unsaturated/α-hetero) is 1. The number of pyridine rings is 3. The predicted octanol–water partition coefficient (Wildman–Crippen LogP) is 6.27. The lowest BCUT2D eigenvalue weighted by Crippen LogP contribution is -2.36. The summed E-state index contributed by atoms with van der Waals surface area (Å²) in [7, 11) is 0. The highest BCUT2D eigenvalue weighted by molar-refractivity contribution is 5.87. The fourth-order valence-electron chi connectivity index (χ4n) is 5.14. The number of nitrogens with zero attached hydrogens (tertiary/aromatic N) is 4. The van der Waals surface area contributed by atoms with Gasteiger partial charge in [-0.3, -0.25) is 9.78 Å². The second-order valence-electron chi connectivity index (χ2n) is 10.6. The van der Waals surface area contributed by atoms with E-state index in [0.29, 0.717) is 29.8 Å². The molecule has 7 nitrogen and oxygen atoms in total. The van der Waals surface area contributed by atoms with Crippen LogP contribution < -0.4 is 4.90 Å². The molecule has 4 aromatic heterocycles. The fraction of sp³-hybridized carbons (Fsp3) is 0.250. The average molecular weight is 590 g/mol. The van der Waals surface area contributed by atoms with Gasteiger partial charge in [0.2, 0.25) is 0 Å². The van der Waals surface area contributed by atoms with Gasteiger partial charge >= 0.3 is 0 Å². The van der Waals surface area contributed by atoms with Crippen LogP contribution in [-0.2, 0) is 28.3 Å². The van der Waals surface area contributed by atoms with Crippen molar-refractivity contribution in [3.8, 4) is 22.4 Å². The largest absolute Gasteiger partial charge is 0.378 e. The van der Waals surface area contributed by atoms with Gasteiger partial charge in [0.15, 0.2) is 0 Å². The van der Waals surface area contributed by atoms with Crippen LogP contribution in [0.2, 0.25) is 0 Å². The molecule has 1 aromatic carbocycles. The van der Waals surface area contributed by atoms with Gasteiger partial charge in [-0.2, -0.15) is 0 Å². The number of benzene rings is 1. The molecule has 0 atom stereocenters. The van der Waals surface area contributed by atoms with E-state index < -0.39 is 29.8 Å². The van der Waals surface area contributed by atoms with Crippen LogP contribution in [0.15, 0.2) is 67.1 Å². The van der Waals surface area contributed by atoms with Gasteiger partial charge in [-0.15, -0.1) is 0 Å². The fourth-order valence-corrected chi connectivity index (χ4v) is 5.14. The number of anilines is 1. The molecule has 0 bridgehead atoms. The Bertz CT molecular complexity index is 1810. The Balaban J connectivity index is 1.21. The first-order valence-corrected chi connectivity index (χ1v) is 13.7. The van der Waals surface area contributed by atoms with Crippen LogP contribution in [0.1, 0.15) is 23.7 Å². The topological polar surface area (TPSA) is 84.0 Å². The molecular formula is C32H27F4N5O2. The molecule has 43 heavy (non-hydrogen) atoms. The maximum Gasteiger partial charge on any atom is 0.270 e. The van der Waals surface area contributed by atoms with Crippen LogP contribution in [0.25, 0.3) is 33.4 Å². The third-order valence-electron chi connectivity index (χ3n) is 7.40. The Hall–Kier alpha value is -4.64. The molecule has 6 rings (SSSR count). The first kappa shape index (κ1) is 28.5. The molecule has 220 valence electrons. The van der Waals surface area contributed by atoms with Crippen molar-refractivity contribution < 1.29 is 27.1 Å². The summed E-state index contributed by atoms with van der Waals surface area (Å²) in [5, 5.41) is 0.712. The molecule has 1 aliphatic rings. The molecule has 0 saturated carbocycles. The molecule has 11 heteroatoms. The Morgan fingerprint density at radius 3 is 2.51 bits per heavy atom. The van der Waals surface area contributed by atoms with Crippen molar-refractivity contribution in [3.63, 3.8) is 0 Å². The minimum atomic E-state index is -3.09. The summed E-state index contributed by atoms with van der Waals surface area (Å²) in [6, 6.07) is 11.8. The summed E-state index contributed by atoms with van der Waals surface area (Å²) in [5.74, 6) is -4.19. The number of hydrogen-bond acceptors (Lipinski definition) is 6. The Kier molecular flexibility index (Phi) is 7.66. The summed E-state index contributed by atoms with van der Waals surface area (Å²) in [5.41, 5.74) is 2.41. The molecule has 5 heterocycles. The molecule has 5 aromatic rings. The number of fused-ring (bicyclic) bond motifs is 1. The monoisotopic (exact) mass is 589 g/mol. The average Bonchev–Trinajstić information content (AvgIpc) is 3.43. The van der Waals surface area contributed by atoms with Gasteiger partial charge in [0, 0.05) is 90.5 Å². The van der Waals surface area contributed by atoms with Crippen molar-refractivity contribution in [1.29, 1.82) is 0 Å². The van der Waals surface area contributed by atoms with E-state index >= 15 is 8.78 Å². The highest BCUT2D eigenvalue weighted by atomic mass is 19.3. The van der Waals surface area contributed by atoms with Crippen LogP contribution in [0.5, 0.6) is 0 Å². The number of carbonyl (C=O) groups is 1. The number of aromatic nitrogens is 4. The lowest BCUT2D eigenvalue weighted by atomic mass is 9.99. The summed E-state index contributed by atoms with van der Waals surface area (Å²) >= 11 is 0. The molecule has 0 radical (unpaired) electrons. The number of aromatic amines is 1. The lowest BCUT2D eigenvalue weighted by Gasteiger charge is -2.27. The number of ketones is 1.